The summed E-state index contributed by atoms with van der Waals surface area (Å²) in [6.45, 7) is 4.10. The van der Waals surface area contributed by atoms with Crippen molar-refractivity contribution in [3.8, 4) is 0 Å². The molecule has 23 heavy (non-hydrogen) atoms. The Labute approximate surface area is 137 Å². The lowest BCUT2D eigenvalue weighted by Crippen LogP contribution is -2.06. The van der Waals surface area contributed by atoms with Gasteiger partial charge in [-0.2, -0.15) is 0 Å². The fourth-order valence-electron chi connectivity index (χ4n) is 1.95. The van der Waals surface area contributed by atoms with Gasteiger partial charge in [-0.1, -0.05) is 25.8 Å². The first-order valence-corrected chi connectivity index (χ1v) is 8.23. The summed E-state index contributed by atoms with van der Waals surface area (Å²) in [6.07, 6.45) is 8.34. The number of unbranched alkanes of at least 4 members (excludes halogenated alkanes) is 6. The second kappa shape index (κ2) is 15.1. The highest BCUT2D eigenvalue weighted by Crippen LogP contribution is 2.07. The molecule has 1 N–H and O–H groups in total. The van der Waals surface area contributed by atoms with E-state index in [1.807, 2.05) is 0 Å². The zero-order valence-electron chi connectivity index (χ0n) is 13.8. The minimum atomic E-state index is -0.791. The molecule has 0 aromatic rings. The molecule has 0 saturated heterocycles. The third kappa shape index (κ3) is 16.3. The number of carbonyl (C=O) groups is 3. The van der Waals surface area contributed by atoms with E-state index in [4.69, 9.17) is 14.6 Å². The van der Waals surface area contributed by atoms with Crippen molar-refractivity contribution >= 4 is 17.9 Å². The van der Waals surface area contributed by atoms with Gasteiger partial charge in [-0.3, -0.25) is 9.59 Å². The molecule has 0 aliphatic rings. The Kier molecular flexibility index (Phi) is 13.8. The molecule has 0 radical (unpaired) electrons. The summed E-state index contributed by atoms with van der Waals surface area (Å²) in [5, 5.41) is 8.47. The Morgan fingerprint density at radius 1 is 0.783 bits per heavy atom. The summed E-state index contributed by atoms with van der Waals surface area (Å²) in [5.41, 5.74) is 0. The number of esters is 2. The first kappa shape index (κ1) is 21.1. The van der Waals surface area contributed by atoms with Gasteiger partial charge in [0.1, 0.15) is 0 Å². The number of rotatable bonds is 15. The number of ether oxygens (including phenoxy) is 2. The number of aliphatic carboxylic acids is 1. The van der Waals surface area contributed by atoms with Crippen molar-refractivity contribution in [2.75, 3.05) is 13.2 Å². The summed E-state index contributed by atoms with van der Waals surface area (Å²) in [5.74, 6) is -1.38. The van der Waals surface area contributed by atoms with Gasteiger partial charge < -0.3 is 14.6 Å². The van der Waals surface area contributed by atoms with Gasteiger partial charge >= 0.3 is 17.9 Å². The number of carbonyl (C=O) groups excluding carboxylic acids is 2. The average Bonchev–Trinajstić information content (AvgIpc) is 2.52. The summed E-state index contributed by atoms with van der Waals surface area (Å²) < 4.78 is 9.94. The van der Waals surface area contributed by atoms with Crippen LogP contribution >= 0.6 is 0 Å². The predicted octanol–water partition coefficient (Wildman–Crippen LogP) is 3.24. The molecule has 0 unspecified atom stereocenters. The lowest BCUT2D eigenvalue weighted by Gasteiger charge is -2.05. The van der Waals surface area contributed by atoms with Crippen LogP contribution in [0.1, 0.15) is 64.2 Å². The van der Waals surface area contributed by atoms with Gasteiger partial charge in [0.05, 0.1) is 13.2 Å². The van der Waals surface area contributed by atoms with E-state index in [-0.39, 0.29) is 12.4 Å². The van der Waals surface area contributed by atoms with E-state index in [0.29, 0.717) is 32.5 Å². The zero-order chi connectivity index (χ0) is 17.3. The van der Waals surface area contributed by atoms with Crippen LogP contribution in [0, 0.1) is 0 Å². The molecule has 6 heteroatoms. The lowest BCUT2D eigenvalue weighted by atomic mass is 10.1. The Hall–Kier alpha value is -1.85. The molecule has 0 aliphatic carbocycles. The highest BCUT2D eigenvalue weighted by Gasteiger charge is 2.03. The largest absolute Gasteiger partial charge is 0.481 e. The fourth-order valence-corrected chi connectivity index (χ4v) is 1.95. The highest BCUT2D eigenvalue weighted by molar-refractivity contribution is 5.81. The fraction of sp³-hybridized carbons (Fsp3) is 0.706. The molecule has 0 saturated carbocycles. The quantitative estimate of drug-likeness (QED) is 0.282. The van der Waals surface area contributed by atoms with Gasteiger partial charge in [0.2, 0.25) is 0 Å². The van der Waals surface area contributed by atoms with Crippen LogP contribution in [0.4, 0.5) is 0 Å². The maximum Gasteiger partial charge on any atom is 0.330 e. The number of carboxylic acid groups (broad SMARTS) is 1. The van der Waals surface area contributed by atoms with E-state index in [0.717, 1.165) is 44.6 Å². The first-order chi connectivity index (χ1) is 11.1. The van der Waals surface area contributed by atoms with E-state index >= 15 is 0 Å². The Balaban J connectivity index is 3.26. The molecule has 0 rings (SSSR count). The topological polar surface area (TPSA) is 89.9 Å². The second-order valence-corrected chi connectivity index (χ2v) is 5.31. The average molecular weight is 328 g/mol. The molecule has 132 valence electrons. The number of hydrogen-bond acceptors (Lipinski definition) is 5. The third-order valence-electron chi connectivity index (χ3n) is 3.23. The van der Waals surface area contributed by atoms with Crippen LogP contribution in [0.25, 0.3) is 0 Å². The van der Waals surface area contributed by atoms with Gasteiger partial charge in [0, 0.05) is 18.9 Å². The molecule has 0 fully saturated rings. The van der Waals surface area contributed by atoms with E-state index in [9.17, 15) is 14.4 Å². The smallest absolute Gasteiger partial charge is 0.330 e. The van der Waals surface area contributed by atoms with Crippen LogP contribution < -0.4 is 0 Å². The maximum absolute atomic E-state index is 11.4. The normalized spacial score (nSPS) is 10.1. The predicted molar refractivity (Wildman–Crippen MR) is 85.9 cm³/mol. The molecule has 0 amide bonds. The molecular weight excluding hydrogens is 300 g/mol. The molecular formula is C17H28O6. The number of hydrogen-bond donors (Lipinski definition) is 1. The van der Waals surface area contributed by atoms with Crippen LogP contribution in [-0.4, -0.2) is 36.2 Å². The molecule has 0 heterocycles. The first-order valence-electron chi connectivity index (χ1n) is 8.23. The van der Waals surface area contributed by atoms with Crippen molar-refractivity contribution in [1.29, 1.82) is 0 Å². The molecule has 0 bridgehead atoms. The summed E-state index contributed by atoms with van der Waals surface area (Å²) in [6, 6.07) is 0. The van der Waals surface area contributed by atoms with Crippen molar-refractivity contribution < 1.29 is 29.0 Å². The van der Waals surface area contributed by atoms with Crippen LogP contribution in [0.15, 0.2) is 12.7 Å². The second-order valence-electron chi connectivity index (χ2n) is 5.31. The minimum absolute atomic E-state index is 0.167. The van der Waals surface area contributed by atoms with E-state index < -0.39 is 11.9 Å². The van der Waals surface area contributed by atoms with Gasteiger partial charge in [-0.25, -0.2) is 4.79 Å². The highest BCUT2D eigenvalue weighted by atomic mass is 16.5. The Morgan fingerprint density at radius 3 is 1.96 bits per heavy atom. The third-order valence-corrected chi connectivity index (χ3v) is 3.23. The lowest BCUT2D eigenvalue weighted by molar-refractivity contribution is -0.144. The molecule has 0 aliphatic heterocycles. The van der Waals surface area contributed by atoms with E-state index in [1.54, 1.807) is 0 Å². The van der Waals surface area contributed by atoms with E-state index in [2.05, 4.69) is 6.58 Å². The Bertz CT molecular complexity index is 364. The maximum atomic E-state index is 11.4. The molecule has 0 spiro atoms. The monoisotopic (exact) mass is 328 g/mol. The summed E-state index contributed by atoms with van der Waals surface area (Å²) in [4.78, 5) is 32.5. The van der Waals surface area contributed by atoms with Crippen LogP contribution in [0.3, 0.4) is 0 Å². The minimum Gasteiger partial charge on any atom is -0.481 e. The number of carboxylic acids is 1. The van der Waals surface area contributed by atoms with Crippen molar-refractivity contribution in [2.45, 2.75) is 64.2 Å². The standard InChI is InChI=1S/C17H28O6/c1-2-16(20)22-13-9-5-3-4-8-12-17(21)23-14-10-6-7-11-15(18)19/h2H,1,3-14H2,(H,18,19). The SMILES string of the molecule is C=CC(=O)OCCCCCCCC(=O)OCCCCCC(=O)O. The van der Waals surface area contributed by atoms with E-state index in [1.165, 1.54) is 0 Å². The molecule has 6 nitrogen and oxygen atoms in total. The molecule has 0 aromatic heterocycles. The van der Waals surface area contributed by atoms with Gasteiger partial charge in [0.15, 0.2) is 0 Å². The molecule has 0 aromatic carbocycles. The van der Waals surface area contributed by atoms with Gasteiger partial charge in [-0.05, 0) is 32.1 Å². The van der Waals surface area contributed by atoms with Crippen LogP contribution in [0.2, 0.25) is 0 Å². The molecule has 0 atom stereocenters. The van der Waals surface area contributed by atoms with Gasteiger partial charge in [-0.15, -0.1) is 0 Å². The van der Waals surface area contributed by atoms with Crippen molar-refractivity contribution in [1.82, 2.24) is 0 Å². The summed E-state index contributed by atoms with van der Waals surface area (Å²) >= 11 is 0. The van der Waals surface area contributed by atoms with Crippen LogP contribution in [-0.2, 0) is 23.9 Å². The van der Waals surface area contributed by atoms with Gasteiger partial charge in [0.25, 0.3) is 0 Å². The Morgan fingerprint density at radius 2 is 1.30 bits per heavy atom. The van der Waals surface area contributed by atoms with Crippen LogP contribution in [0.5, 0.6) is 0 Å². The summed E-state index contributed by atoms with van der Waals surface area (Å²) in [7, 11) is 0. The van der Waals surface area contributed by atoms with Crippen molar-refractivity contribution in [3.63, 3.8) is 0 Å². The zero-order valence-corrected chi connectivity index (χ0v) is 13.8. The van der Waals surface area contributed by atoms with Crippen molar-refractivity contribution in [3.05, 3.63) is 12.7 Å². The van der Waals surface area contributed by atoms with Crippen molar-refractivity contribution in [2.24, 2.45) is 0 Å².